The quantitative estimate of drug-likeness (QED) is 0.320. The minimum Gasteiger partial charge on any atom is -0.365 e. The number of nitrogens with zero attached hydrogens (tertiary/aromatic N) is 3. The van der Waals surface area contributed by atoms with Gasteiger partial charge >= 0.3 is 0 Å². The summed E-state index contributed by atoms with van der Waals surface area (Å²) in [5.74, 6) is -1.17. The average molecular weight is 474 g/mol. The van der Waals surface area contributed by atoms with Crippen LogP contribution < -0.4 is 22.1 Å². The standard InChI is InChI=1S/C26H28FN7O/c27-20-13-19(24(29)35)25(33-26(20)32-22-9-5-4-8-21(22)28)31-18-10-11-23-17(12-18)14-30-34(23)15-16-6-2-1-3-7-16/h1-3,6-7,10-14,21-22H,4-5,8-9,15,28H2,(H2,29,35)(H2,31,32,33)/t21-,22+/m0/s1. The number of halogens is 1. The van der Waals surface area contributed by atoms with Crippen molar-refractivity contribution in [1.82, 2.24) is 14.8 Å². The fourth-order valence-electron chi connectivity index (χ4n) is 4.57. The summed E-state index contributed by atoms with van der Waals surface area (Å²) in [4.78, 5) is 16.4. The van der Waals surface area contributed by atoms with Crippen LogP contribution in [0.15, 0.2) is 60.8 Å². The molecule has 2 atom stereocenters. The molecule has 0 bridgehead atoms. The molecule has 1 aliphatic carbocycles. The number of amides is 1. The van der Waals surface area contributed by atoms with Gasteiger partial charge in [-0.15, -0.1) is 0 Å². The molecule has 0 radical (unpaired) electrons. The third kappa shape index (κ3) is 4.95. The number of hydrogen-bond acceptors (Lipinski definition) is 6. The molecule has 0 saturated heterocycles. The molecule has 6 N–H and O–H groups in total. The minimum absolute atomic E-state index is 0.0270. The summed E-state index contributed by atoms with van der Waals surface area (Å²) in [5, 5.41) is 11.7. The molecule has 1 fully saturated rings. The Hall–Kier alpha value is -3.98. The predicted octanol–water partition coefficient (Wildman–Crippen LogP) is 4.14. The number of carbonyl (C=O) groups is 1. The van der Waals surface area contributed by atoms with E-state index in [-0.39, 0.29) is 29.3 Å². The largest absolute Gasteiger partial charge is 0.365 e. The minimum atomic E-state index is -0.767. The van der Waals surface area contributed by atoms with Gasteiger partial charge in [0, 0.05) is 23.2 Å². The summed E-state index contributed by atoms with van der Waals surface area (Å²) in [7, 11) is 0. The van der Waals surface area contributed by atoms with E-state index in [0.29, 0.717) is 12.2 Å². The van der Waals surface area contributed by atoms with E-state index >= 15 is 0 Å². The molecule has 1 aliphatic rings. The first-order valence-corrected chi connectivity index (χ1v) is 11.8. The first-order chi connectivity index (χ1) is 17.0. The maximum absolute atomic E-state index is 14.8. The van der Waals surface area contributed by atoms with Crippen LogP contribution in [0.4, 0.5) is 21.7 Å². The van der Waals surface area contributed by atoms with E-state index in [1.807, 2.05) is 41.1 Å². The number of benzene rings is 2. The van der Waals surface area contributed by atoms with Crippen LogP contribution in [0.5, 0.6) is 0 Å². The van der Waals surface area contributed by atoms with Crippen LogP contribution in [-0.4, -0.2) is 32.8 Å². The molecule has 8 nitrogen and oxygen atoms in total. The molecular formula is C26H28FN7O. The van der Waals surface area contributed by atoms with Gasteiger partial charge in [0.05, 0.1) is 23.8 Å². The summed E-state index contributed by atoms with van der Waals surface area (Å²) in [6.07, 6.45) is 5.59. The summed E-state index contributed by atoms with van der Waals surface area (Å²) < 4.78 is 16.7. The molecule has 1 saturated carbocycles. The number of fused-ring (bicyclic) bond motifs is 1. The van der Waals surface area contributed by atoms with Crippen molar-refractivity contribution in [3.63, 3.8) is 0 Å². The highest BCUT2D eigenvalue weighted by molar-refractivity contribution is 5.99. The monoisotopic (exact) mass is 473 g/mol. The molecule has 2 aromatic heterocycles. The van der Waals surface area contributed by atoms with E-state index < -0.39 is 11.7 Å². The Balaban J connectivity index is 1.42. The first-order valence-electron chi connectivity index (χ1n) is 11.8. The molecule has 2 aromatic carbocycles. The Morgan fingerprint density at radius 2 is 1.89 bits per heavy atom. The lowest BCUT2D eigenvalue weighted by Gasteiger charge is -2.30. The van der Waals surface area contributed by atoms with Crippen molar-refractivity contribution >= 4 is 34.1 Å². The van der Waals surface area contributed by atoms with Gasteiger partial charge in [0.25, 0.3) is 5.91 Å². The Labute approximate surface area is 202 Å². The number of primary amides is 1. The number of rotatable bonds is 7. The van der Waals surface area contributed by atoms with Gasteiger partial charge in [0.2, 0.25) is 0 Å². The smallest absolute Gasteiger partial charge is 0.252 e. The van der Waals surface area contributed by atoms with Gasteiger partial charge in [-0.3, -0.25) is 9.48 Å². The number of pyridine rings is 1. The Bertz CT molecular complexity index is 1350. The highest BCUT2D eigenvalue weighted by atomic mass is 19.1. The van der Waals surface area contributed by atoms with Crippen LogP contribution in [0, 0.1) is 5.82 Å². The van der Waals surface area contributed by atoms with Gasteiger partial charge in [-0.2, -0.15) is 5.10 Å². The Morgan fingerprint density at radius 1 is 1.09 bits per heavy atom. The van der Waals surface area contributed by atoms with Crippen LogP contribution in [0.1, 0.15) is 41.6 Å². The molecule has 0 aliphatic heterocycles. The van der Waals surface area contributed by atoms with E-state index in [2.05, 4.69) is 32.8 Å². The van der Waals surface area contributed by atoms with Gasteiger partial charge in [0.15, 0.2) is 11.6 Å². The Kier molecular flexibility index (Phi) is 6.33. The molecule has 2 heterocycles. The molecule has 5 rings (SSSR count). The van der Waals surface area contributed by atoms with Gasteiger partial charge in [-0.25, -0.2) is 9.37 Å². The number of hydrogen-bond donors (Lipinski definition) is 4. The number of aromatic nitrogens is 3. The van der Waals surface area contributed by atoms with Gasteiger partial charge in [-0.1, -0.05) is 43.2 Å². The summed E-state index contributed by atoms with van der Waals surface area (Å²) in [6.45, 7) is 0.654. The maximum atomic E-state index is 14.8. The van der Waals surface area contributed by atoms with Crippen molar-refractivity contribution in [2.75, 3.05) is 10.6 Å². The molecule has 180 valence electrons. The Morgan fingerprint density at radius 3 is 2.66 bits per heavy atom. The molecule has 0 spiro atoms. The van der Waals surface area contributed by atoms with Gasteiger partial charge in [-0.05, 0) is 42.7 Å². The maximum Gasteiger partial charge on any atom is 0.252 e. The van der Waals surface area contributed by atoms with Crippen molar-refractivity contribution in [3.8, 4) is 0 Å². The fourth-order valence-corrected chi connectivity index (χ4v) is 4.57. The normalized spacial score (nSPS) is 17.9. The van der Waals surface area contributed by atoms with Crippen LogP contribution in [0.3, 0.4) is 0 Å². The summed E-state index contributed by atoms with van der Waals surface area (Å²) in [6, 6.07) is 16.8. The van der Waals surface area contributed by atoms with Crippen LogP contribution in [0.25, 0.3) is 10.9 Å². The zero-order valence-corrected chi connectivity index (χ0v) is 19.2. The van der Waals surface area contributed by atoms with Crippen molar-refractivity contribution < 1.29 is 9.18 Å². The number of nitrogens with one attached hydrogen (secondary N) is 2. The molecule has 1 amide bonds. The average Bonchev–Trinajstić information content (AvgIpc) is 3.24. The molecular weight excluding hydrogens is 445 g/mol. The lowest BCUT2D eigenvalue weighted by atomic mass is 9.91. The van der Waals surface area contributed by atoms with E-state index in [9.17, 15) is 9.18 Å². The lowest BCUT2D eigenvalue weighted by molar-refractivity contribution is 0.100. The van der Waals surface area contributed by atoms with Crippen molar-refractivity contribution in [2.24, 2.45) is 11.5 Å². The van der Waals surface area contributed by atoms with E-state index in [1.165, 1.54) is 0 Å². The highest BCUT2D eigenvalue weighted by Crippen LogP contribution is 2.28. The predicted molar refractivity (Wildman–Crippen MR) is 135 cm³/mol. The van der Waals surface area contributed by atoms with Gasteiger partial charge < -0.3 is 22.1 Å². The van der Waals surface area contributed by atoms with Crippen molar-refractivity contribution in [2.45, 2.75) is 44.3 Å². The number of anilines is 3. The van der Waals surface area contributed by atoms with Gasteiger partial charge in [0.1, 0.15) is 5.82 Å². The zero-order valence-electron chi connectivity index (χ0n) is 19.2. The lowest BCUT2D eigenvalue weighted by Crippen LogP contribution is -2.43. The second-order valence-corrected chi connectivity index (χ2v) is 8.96. The van der Waals surface area contributed by atoms with Crippen LogP contribution >= 0.6 is 0 Å². The van der Waals surface area contributed by atoms with Crippen molar-refractivity contribution in [1.29, 1.82) is 0 Å². The second kappa shape index (κ2) is 9.71. The third-order valence-corrected chi connectivity index (χ3v) is 6.46. The summed E-state index contributed by atoms with van der Waals surface area (Å²) >= 11 is 0. The third-order valence-electron chi connectivity index (χ3n) is 6.46. The van der Waals surface area contributed by atoms with E-state index in [0.717, 1.165) is 48.2 Å². The molecule has 9 heteroatoms. The van der Waals surface area contributed by atoms with Crippen LogP contribution in [0.2, 0.25) is 0 Å². The van der Waals surface area contributed by atoms with E-state index in [1.54, 1.807) is 6.20 Å². The highest BCUT2D eigenvalue weighted by Gasteiger charge is 2.24. The first kappa shape index (κ1) is 22.8. The van der Waals surface area contributed by atoms with Crippen molar-refractivity contribution in [3.05, 3.63) is 77.7 Å². The fraction of sp³-hybridized carbons (Fsp3) is 0.269. The zero-order chi connectivity index (χ0) is 24.4. The van der Waals surface area contributed by atoms with Crippen LogP contribution in [-0.2, 0) is 6.54 Å². The second-order valence-electron chi connectivity index (χ2n) is 8.96. The molecule has 4 aromatic rings. The van der Waals surface area contributed by atoms with E-state index in [4.69, 9.17) is 11.5 Å². The number of nitrogens with two attached hydrogens (primary N) is 2. The topological polar surface area (TPSA) is 124 Å². The number of carbonyl (C=O) groups excluding carboxylic acids is 1. The summed E-state index contributed by atoms with van der Waals surface area (Å²) in [5.41, 5.74) is 14.5. The molecule has 0 unspecified atom stereocenters. The molecule has 35 heavy (non-hydrogen) atoms. The SMILES string of the molecule is NC(=O)c1cc(F)c(N[C@@H]2CCCC[C@@H]2N)nc1Nc1ccc2c(cnn2Cc2ccccc2)c1.